The Morgan fingerprint density at radius 1 is 1.57 bits per heavy atom. The zero-order valence-electron chi connectivity index (χ0n) is 7.83. The Kier molecular flexibility index (Phi) is 3.48. The van der Waals surface area contributed by atoms with Gasteiger partial charge in [0.05, 0.1) is 7.11 Å². The fourth-order valence-electron chi connectivity index (χ4n) is 1.04. The molecule has 1 rings (SSSR count). The van der Waals surface area contributed by atoms with Crippen molar-refractivity contribution in [3.8, 4) is 11.5 Å². The van der Waals surface area contributed by atoms with Crippen LogP contribution in [-0.4, -0.2) is 18.8 Å². The van der Waals surface area contributed by atoms with E-state index in [2.05, 4.69) is 0 Å². The summed E-state index contributed by atoms with van der Waals surface area (Å²) < 4.78 is 17.8. The Labute approximate surface area is 81.6 Å². The van der Waals surface area contributed by atoms with Crippen molar-refractivity contribution in [1.29, 1.82) is 0 Å². The molecular formula is C10H12FNO2. The van der Waals surface area contributed by atoms with Gasteiger partial charge in [0.1, 0.15) is 5.75 Å². The maximum atomic E-state index is 13.0. The minimum atomic E-state index is -0.588. The topological polar surface area (TPSA) is 55.5 Å². The van der Waals surface area contributed by atoms with Gasteiger partial charge in [-0.05, 0) is 6.07 Å². The summed E-state index contributed by atoms with van der Waals surface area (Å²) in [6, 6.07) is 2.42. The van der Waals surface area contributed by atoms with Crippen molar-refractivity contribution in [2.24, 2.45) is 5.73 Å². The van der Waals surface area contributed by atoms with Gasteiger partial charge >= 0.3 is 0 Å². The van der Waals surface area contributed by atoms with Crippen LogP contribution in [0.1, 0.15) is 5.56 Å². The smallest absolute Gasteiger partial charge is 0.168 e. The molecule has 4 heteroatoms. The fraction of sp³-hybridized carbons (Fsp3) is 0.200. The molecule has 0 aliphatic rings. The first kappa shape index (κ1) is 10.5. The van der Waals surface area contributed by atoms with Gasteiger partial charge in [0.15, 0.2) is 11.6 Å². The molecule has 14 heavy (non-hydrogen) atoms. The molecule has 0 aromatic heterocycles. The molecule has 0 spiro atoms. The van der Waals surface area contributed by atoms with Gasteiger partial charge in [0, 0.05) is 18.2 Å². The SMILES string of the molecule is COc1cc(/C=C/CN)c(O)cc1F. The highest BCUT2D eigenvalue weighted by Gasteiger charge is 2.06. The van der Waals surface area contributed by atoms with Crippen LogP contribution < -0.4 is 10.5 Å². The lowest BCUT2D eigenvalue weighted by molar-refractivity contribution is 0.382. The highest BCUT2D eigenvalue weighted by atomic mass is 19.1. The van der Waals surface area contributed by atoms with Crippen molar-refractivity contribution in [1.82, 2.24) is 0 Å². The third-order valence-corrected chi connectivity index (χ3v) is 1.73. The Balaban J connectivity index is 3.10. The minimum Gasteiger partial charge on any atom is -0.507 e. The van der Waals surface area contributed by atoms with Crippen LogP contribution in [-0.2, 0) is 0 Å². The number of hydrogen-bond acceptors (Lipinski definition) is 3. The number of rotatable bonds is 3. The maximum Gasteiger partial charge on any atom is 0.168 e. The molecule has 0 aliphatic heterocycles. The number of halogens is 1. The zero-order valence-corrected chi connectivity index (χ0v) is 7.83. The normalized spacial score (nSPS) is 10.8. The van der Waals surface area contributed by atoms with Gasteiger partial charge in [0.25, 0.3) is 0 Å². The molecule has 3 N–H and O–H groups in total. The molecule has 0 heterocycles. The lowest BCUT2D eigenvalue weighted by Crippen LogP contribution is -1.93. The molecule has 0 saturated heterocycles. The van der Waals surface area contributed by atoms with Gasteiger partial charge in [-0.1, -0.05) is 12.2 Å². The predicted octanol–water partition coefficient (Wildman–Crippen LogP) is 1.51. The Hall–Kier alpha value is -1.55. The largest absolute Gasteiger partial charge is 0.507 e. The van der Waals surface area contributed by atoms with Crippen molar-refractivity contribution < 1.29 is 14.2 Å². The van der Waals surface area contributed by atoms with E-state index in [-0.39, 0.29) is 11.5 Å². The number of hydrogen-bond donors (Lipinski definition) is 2. The number of nitrogens with two attached hydrogens (primary N) is 1. The van der Waals surface area contributed by atoms with E-state index in [0.717, 1.165) is 6.07 Å². The van der Waals surface area contributed by atoms with Crippen LogP contribution in [0, 0.1) is 5.82 Å². The summed E-state index contributed by atoms with van der Waals surface area (Å²) in [6.07, 6.45) is 3.27. The molecule has 0 atom stereocenters. The van der Waals surface area contributed by atoms with Crippen LogP contribution >= 0.6 is 0 Å². The van der Waals surface area contributed by atoms with Crippen molar-refractivity contribution in [2.45, 2.75) is 0 Å². The number of ether oxygens (including phenoxy) is 1. The molecule has 1 aromatic carbocycles. The summed E-state index contributed by atoms with van der Waals surface area (Å²) >= 11 is 0. The van der Waals surface area contributed by atoms with E-state index in [9.17, 15) is 9.50 Å². The van der Waals surface area contributed by atoms with E-state index in [1.165, 1.54) is 13.2 Å². The standard InChI is InChI=1S/C10H12FNO2/c1-14-10-5-7(3-2-4-12)9(13)6-8(10)11/h2-3,5-6,13H,4,12H2,1H3/b3-2+. The summed E-state index contributed by atoms with van der Waals surface area (Å²) in [4.78, 5) is 0. The lowest BCUT2D eigenvalue weighted by atomic mass is 10.1. The Bertz CT molecular complexity index is 350. The summed E-state index contributed by atoms with van der Waals surface area (Å²) in [7, 11) is 1.37. The van der Waals surface area contributed by atoms with Gasteiger partial charge in [0.2, 0.25) is 0 Å². The first-order valence-corrected chi connectivity index (χ1v) is 4.12. The second kappa shape index (κ2) is 4.62. The molecule has 0 unspecified atom stereocenters. The second-order valence-corrected chi connectivity index (χ2v) is 2.68. The molecule has 0 fully saturated rings. The molecule has 0 radical (unpaired) electrons. The number of phenolic OH excluding ortho intramolecular Hbond substituents is 1. The van der Waals surface area contributed by atoms with Crippen molar-refractivity contribution in [3.63, 3.8) is 0 Å². The molecule has 76 valence electrons. The van der Waals surface area contributed by atoms with Crippen LogP contribution in [0.2, 0.25) is 0 Å². The number of benzene rings is 1. The van der Waals surface area contributed by atoms with E-state index in [1.807, 2.05) is 0 Å². The Morgan fingerprint density at radius 2 is 2.29 bits per heavy atom. The van der Waals surface area contributed by atoms with Gasteiger partial charge in [-0.2, -0.15) is 0 Å². The lowest BCUT2D eigenvalue weighted by Gasteiger charge is -2.04. The van der Waals surface area contributed by atoms with E-state index in [1.54, 1.807) is 12.2 Å². The minimum absolute atomic E-state index is 0.0967. The highest BCUT2D eigenvalue weighted by Crippen LogP contribution is 2.27. The molecule has 0 bridgehead atoms. The third-order valence-electron chi connectivity index (χ3n) is 1.73. The molecule has 0 saturated carbocycles. The van der Waals surface area contributed by atoms with E-state index in [4.69, 9.17) is 10.5 Å². The molecule has 0 aliphatic carbocycles. The number of methoxy groups -OCH3 is 1. The number of aromatic hydroxyl groups is 1. The molecular weight excluding hydrogens is 185 g/mol. The van der Waals surface area contributed by atoms with Crippen LogP contribution in [0.5, 0.6) is 11.5 Å². The summed E-state index contributed by atoms with van der Waals surface area (Å²) in [6.45, 7) is 0.360. The molecule has 1 aromatic rings. The number of phenols is 1. The zero-order chi connectivity index (χ0) is 10.6. The summed E-state index contributed by atoms with van der Waals surface area (Å²) in [5, 5.41) is 9.35. The monoisotopic (exact) mass is 197 g/mol. The predicted molar refractivity (Wildman–Crippen MR) is 52.7 cm³/mol. The van der Waals surface area contributed by atoms with Crippen LogP contribution in [0.15, 0.2) is 18.2 Å². The van der Waals surface area contributed by atoms with Gasteiger partial charge in [-0.3, -0.25) is 0 Å². The third kappa shape index (κ3) is 2.23. The quantitative estimate of drug-likeness (QED) is 0.772. The van der Waals surface area contributed by atoms with Crippen LogP contribution in [0.25, 0.3) is 6.08 Å². The van der Waals surface area contributed by atoms with Crippen molar-refractivity contribution >= 4 is 6.08 Å². The van der Waals surface area contributed by atoms with E-state index >= 15 is 0 Å². The Morgan fingerprint density at radius 3 is 2.86 bits per heavy atom. The maximum absolute atomic E-state index is 13.0. The average molecular weight is 197 g/mol. The summed E-state index contributed by atoms with van der Waals surface area (Å²) in [5.74, 6) is -0.623. The highest BCUT2D eigenvalue weighted by molar-refractivity contribution is 5.59. The van der Waals surface area contributed by atoms with E-state index in [0.29, 0.717) is 12.1 Å². The van der Waals surface area contributed by atoms with Crippen LogP contribution in [0.3, 0.4) is 0 Å². The van der Waals surface area contributed by atoms with Gasteiger partial charge < -0.3 is 15.6 Å². The molecule has 0 amide bonds. The first-order chi connectivity index (χ1) is 6.69. The summed E-state index contributed by atoms with van der Waals surface area (Å²) in [5.41, 5.74) is 5.73. The fourth-order valence-corrected chi connectivity index (χ4v) is 1.04. The van der Waals surface area contributed by atoms with Crippen molar-refractivity contribution in [2.75, 3.05) is 13.7 Å². The van der Waals surface area contributed by atoms with E-state index < -0.39 is 5.82 Å². The van der Waals surface area contributed by atoms with Crippen molar-refractivity contribution in [3.05, 3.63) is 29.6 Å². The van der Waals surface area contributed by atoms with Gasteiger partial charge in [-0.15, -0.1) is 0 Å². The van der Waals surface area contributed by atoms with Gasteiger partial charge in [-0.25, -0.2) is 4.39 Å². The molecule has 3 nitrogen and oxygen atoms in total. The first-order valence-electron chi connectivity index (χ1n) is 4.12. The van der Waals surface area contributed by atoms with Crippen LogP contribution in [0.4, 0.5) is 4.39 Å². The average Bonchev–Trinajstić information content (AvgIpc) is 2.17. The second-order valence-electron chi connectivity index (χ2n) is 2.68.